The zero-order valence-corrected chi connectivity index (χ0v) is 9.84. The van der Waals surface area contributed by atoms with Crippen molar-refractivity contribution >= 4 is 28.7 Å². The van der Waals surface area contributed by atoms with Gasteiger partial charge in [-0.1, -0.05) is 6.07 Å². The van der Waals surface area contributed by atoms with E-state index < -0.39 is 5.95 Å². The Bertz CT molecular complexity index is 548. The smallest absolute Gasteiger partial charge is 0.266 e. The highest BCUT2D eigenvalue weighted by Gasteiger charge is 2.11. The van der Waals surface area contributed by atoms with Crippen LogP contribution in [0.2, 0.25) is 0 Å². The van der Waals surface area contributed by atoms with E-state index in [0.717, 1.165) is 4.88 Å². The maximum atomic E-state index is 12.8. The predicted octanol–water partition coefficient (Wildman–Crippen LogP) is 2.43. The van der Waals surface area contributed by atoms with E-state index >= 15 is 0 Å². The van der Waals surface area contributed by atoms with Gasteiger partial charge >= 0.3 is 0 Å². The number of rotatable bonds is 2. The Kier molecular flexibility index (Phi) is 3.06. The van der Waals surface area contributed by atoms with Crippen molar-refractivity contribution in [3.05, 3.63) is 40.0 Å². The first kappa shape index (κ1) is 11.5. The SMILES string of the molecule is Cc1sc(C(=O)Nc2cccc(F)n2)cc1N. The van der Waals surface area contributed by atoms with Crippen molar-refractivity contribution in [1.82, 2.24) is 4.98 Å². The summed E-state index contributed by atoms with van der Waals surface area (Å²) >= 11 is 1.29. The highest BCUT2D eigenvalue weighted by molar-refractivity contribution is 7.14. The minimum atomic E-state index is -0.635. The summed E-state index contributed by atoms with van der Waals surface area (Å²) in [6.07, 6.45) is 0. The molecule has 17 heavy (non-hydrogen) atoms. The summed E-state index contributed by atoms with van der Waals surface area (Å²) in [5.41, 5.74) is 6.23. The lowest BCUT2D eigenvalue weighted by molar-refractivity contribution is 0.103. The first-order chi connectivity index (χ1) is 8.06. The average molecular weight is 251 g/mol. The van der Waals surface area contributed by atoms with Crippen molar-refractivity contribution < 1.29 is 9.18 Å². The topological polar surface area (TPSA) is 68.0 Å². The van der Waals surface area contributed by atoms with Crippen LogP contribution >= 0.6 is 11.3 Å². The van der Waals surface area contributed by atoms with Crippen molar-refractivity contribution in [3.8, 4) is 0 Å². The van der Waals surface area contributed by atoms with Gasteiger partial charge in [-0.15, -0.1) is 11.3 Å². The summed E-state index contributed by atoms with van der Waals surface area (Å²) < 4.78 is 12.8. The lowest BCUT2D eigenvalue weighted by Crippen LogP contribution is -2.11. The van der Waals surface area contributed by atoms with Crippen molar-refractivity contribution in [3.63, 3.8) is 0 Å². The van der Waals surface area contributed by atoms with Gasteiger partial charge in [0.25, 0.3) is 5.91 Å². The lowest BCUT2D eigenvalue weighted by atomic mass is 10.3. The molecule has 0 unspecified atom stereocenters. The van der Waals surface area contributed by atoms with Gasteiger partial charge in [0, 0.05) is 10.6 Å². The van der Waals surface area contributed by atoms with Gasteiger partial charge in [0.1, 0.15) is 5.82 Å². The summed E-state index contributed by atoms with van der Waals surface area (Å²) in [5, 5.41) is 2.50. The average Bonchev–Trinajstić information content (AvgIpc) is 2.59. The van der Waals surface area contributed by atoms with Crippen LogP contribution in [-0.2, 0) is 0 Å². The first-order valence-electron chi connectivity index (χ1n) is 4.86. The number of aromatic nitrogens is 1. The quantitative estimate of drug-likeness (QED) is 0.805. The molecule has 2 aromatic heterocycles. The Labute approximate surface area is 101 Å². The molecule has 0 atom stereocenters. The summed E-state index contributed by atoms with van der Waals surface area (Å²) in [5.74, 6) is -0.794. The molecule has 0 aliphatic heterocycles. The second-order valence-electron chi connectivity index (χ2n) is 3.42. The van der Waals surface area contributed by atoms with Gasteiger partial charge in [0.05, 0.1) is 4.88 Å². The molecule has 0 radical (unpaired) electrons. The van der Waals surface area contributed by atoms with E-state index in [0.29, 0.717) is 10.6 Å². The Morgan fingerprint density at radius 3 is 2.88 bits per heavy atom. The molecule has 88 valence electrons. The third-order valence-electron chi connectivity index (χ3n) is 2.14. The Balaban J connectivity index is 2.17. The van der Waals surface area contributed by atoms with E-state index in [1.807, 2.05) is 6.92 Å². The van der Waals surface area contributed by atoms with Crippen molar-refractivity contribution in [2.24, 2.45) is 0 Å². The van der Waals surface area contributed by atoms with Crippen LogP contribution in [0.1, 0.15) is 14.5 Å². The van der Waals surface area contributed by atoms with Crippen LogP contribution in [0.3, 0.4) is 0 Å². The molecule has 0 fully saturated rings. The summed E-state index contributed by atoms with van der Waals surface area (Å²) in [4.78, 5) is 16.7. The van der Waals surface area contributed by atoms with Gasteiger partial charge < -0.3 is 11.1 Å². The number of nitrogens with two attached hydrogens (primary N) is 1. The molecule has 0 saturated heterocycles. The molecule has 0 spiro atoms. The second-order valence-corrected chi connectivity index (χ2v) is 4.68. The van der Waals surface area contributed by atoms with Crippen molar-refractivity contribution in [2.75, 3.05) is 11.1 Å². The number of carbonyl (C=O) groups is 1. The van der Waals surface area contributed by atoms with Gasteiger partial charge in [-0.2, -0.15) is 4.39 Å². The van der Waals surface area contributed by atoms with E-state index in [-0.39, 0.29) is 11.7 Å². The number of nitrogens with zero attached hydrogens (tertiary/aromatic N) is 1. The fourth-order valence-corrected chi connectivity index (χ4v) is 2.10. The van der Waals surface area contributed by atoms with Crippen LogP contribution in [0, 0.1) is 12.9 Å². The number of nitrogens with one attached hydrogen (secondary N) is 1. The molecule has 4 nitrogen and oxygen atoms in total. The Morgan fingerprint density at radius 2 is 2.29 bits per heavy atom. The molecule has 6 heteroatoms. The molecule has 0 saturated carbocycles. The van der Waals surface area contributed by atoms with Gasteiger partial charge in [0.2, 0.25) is 5.95 Å². The Hall–Kier alpha value is -1.95. The molecular weight excluding hydrogens is 241 g/mol. The predicted molar refractivity (Wildman–Crippen MR) is 65.6 cm³/mol. The molecule has 3 N–H and O–H groups in total. The monoisotopic (exact) mass is 251 g/mol. The number of aryl methyl sites for hydroxylation is 1. The zero-order valence-electron chi connectivity index (χ0n) is 9.03. The highest BCUT2D eigenvalue weighted by Crippen LogP contribution is 2.23. The fourth-order valence-electron chi connectivity index (χ4n) is 1.26. The Morgan fingerprint density at radius 1 is 1.53 bits per heavy atom. The van der Waals surface area contributed by atoms with E-state index in [2.05, 4.69) is 10.3 Å². The molecule has 2 heterocycles. The molecule has 0 aliphatic carbocycles. The summed E-state index contributed by atoms with van der Waals surface area (Å²) in [7, 11) is 0. The van der Waals surface area contributed by atoms with Gasteiger partial charge in [0.15, 0.2) is 0 Å². The highest BCUT2D eigenvalue weighted by atomic mass is 32.1. The van der Waals surface area contributed by atoms with Crippen LogP contribution in [-0.4, -0.2) is 10.9 Å². The van der Waals surface area contributed by atoms with E-state index in [1.165, 1.54) is 29.5 Å². The third kappa shape index (κ3) is 2.59. The van der Waals surface area contributed by atoms with E-state index in [9.17, 15) is 9.18 Å². The standard InChI is InChI=1S/C11H10FN3OS/c1-6-7(13)5-8(17-6)11(16)15-10-4-2-3-9(12)14-10/h2-5H,13H2,1H3,(H,14,15,16). The van der Waals surface area contributed by atoms with Crippen LogP contribution < -0.4 is 11.1 Å². The molecule has 0 aliphatic rings. The number of pyridine rings is 1. The minimum absolute atomic E-state index is 0.180. The molecule has 2 aromatic rings. The number of hydrogen-bond donors (Lipinski definition) is 2. The lowest BCUT2D eigenvalue weighted by Gasteiger charge is -2.01. The largest absolute Gasteiger partial charge is 0.398 e. The number of carbonyl (C=O) groups excluding carboxylic acids is 1. The number of hydrogen-bond acceptors (Lipinski definition) is 4. The normalized spacial score (nSPS) is 10.2. The van der Waals surface area contributed by atoms with Crippen molar-refractivity contribution in [1.29, 1.82) is 0 Å². The van der Waals surface area contributed by atoms with Gasteiger partial charge in [-0.25, -0.2) is 4.98 Å². The van der Waals surface area contributed by atoms with E-state index in [1.54, 1.807) is 6.07 Å². The zero-order chi connectivity index (χ0) is 12.4. The number of amides is 1. The minimum Gasteiger partial charge on any atom is -0.398 e. The molecule has 0 aromatic carbocycles. The maximum absolute atomic E-state index is 12.8. The molecule has 2 rings (SSSR count). The van der Waals surface area contributed by atoms with Crippen LogP contribution in [0.4, 0.5) is 15.9 Å². The fraction of sp³-hybridized carbons (Fsp3) is 0.0909. The van der Waals surface area contributed by atoms with Crippen LogP contribution in [0.25, 0.3) is 0 Å². The van der Waals surface area contributed by atoms with Gasteiger partial charge in [-0.3, -0.25) is 4.79 Å². The number of nitrogen functional groups attached to an aromatic ring is 1. The summed E-state index contributed by atoms with van der Waals surface area (Å²) in [6.45, 7) is 1.83. The second kappa shape index (κ2) is 4.50. The molecule has 1 amide bonds. The number of halogens is 1. The van der Waals surface area contributed by atoms with Crippen molar-refractivity contribution in [2.45, 2.75) is 6.92 Å². The summed E-state index contributed by atoms with van der Waals surface area (Å²) in [6, 6.07) is 5.80. The van der Waals surface area contributed by atoms with E-state index in [4.69, 9.17) is 5.73 Å². The molecular formula is C11H10FN3OS. The molecule has 0 bridgehead atoms. The number of anilines is 2. The van der Waals surface area contributed by atoms with Crippen LogP contribution in [0.5, 0.6) is 0 Å². The number of thiophene rings is 1. The maximum Gasteiger partial charge on any atom is 0.266 e. The van der Waals surface area contributed by atoms with Gasteiger partial charge in [-0.05, 0) is 25.1 Å². The first-order valence-corrected chi connectivity index (χ1v) is 5.68. The van der Waals surface area contributed by atoms with Crippen LogP contribution in [0.15, 0.2) is 24.3 Å². The third-order valence-corrected chi connectivity index (χ3v) is 3.20.